The number of aryl methyl sites for hydroxylation is 2. The molecule has 0 fully saturated rings. The summed E-state index contributed by atoms with van der Waals surface area (Å²) in [5.74, 6) is 1.12. The lowest BCUT2D eigenvalue weighted by atomic mass is 10.1. The summed E-state index contributed by atoms with van der Waals surface area (Å²) in [6.45, 7) is 0.816. The van der Waals surface area contributed by atoms with Gasteiger partial charge in [0.1, 0.15) is 11.6 Å². The average molecular weight is 446 g/mol. The minimum absolute atomic E-state index is 0.184. The van der Waals surface area contributed by atoms with Crippen molar-refractivity contribution in [3.63, 3.8) is 0 Å². The van der Waals surface area contributed by atoms with Gasteiger partial charge in [-0.05, 0) is 23.4 Å². The van der Waals surface area contributed by atoms with Crippen molar-refractivity contribution in [1.82, 2.24) is 24.9 Å². The van der Waals surface area contributed by atoms with E-state index in [1.807, 2.05) is 48.5 Å². The molecule has 5 aromatic rings. The van der Waals surface area contributed by atoms with E-state index in [1.165, 1.54) is 4.88 Å². The number of nitrogens with zero attached hydrogens (tertiary/aromatic N) is 5. The summed E-state index contributed by atoms with van der Waals surface area (Å²) in [7, 11) is 0. The van der Waals surface area contributed by atoms with E-state index in [9.17, 15) is 0 Å². The minimum atomic E-state index is -0.184. The molecular formula is C23H19N5OS2. The van der Waals surface area contributed by atoms with Crippen LogP contribution in [-0.2, 0) is 13.0 Å². The van der Waals surface area contributed by atoms with Crippen LogP contribution in [0.15, 0.2) is 94.2 Å². The molecule has 0 unspecified atom stereocenters. The number of benzene rings is 2. The van der Waals surface area contributed by atoms with Crippen LogP contribution in [-0.4, -0.2) is 24.9 Å². The van der Waals surface area contributed by atoms with Crippen LogP contribution in [0.25, 0.3) is 11.4 Å². The third-order valence-corrected chi connectivity index (χ3v) is 6.96. The van der Waals surface area contributed by atoms with Gasteiger partial charge in [-0.2, -0.15) is 4.98 Å². The second-order valence-electron chi connectivity index (χ2n) is 6.87. The monoisotopic (exact) mass is 445 g/mol. The van der Waals surface area contributed by atoms with Crippen LogP contribution in [0.2, 0.25) is 0 Å². The van der Waals surface area contributed by atoms with Crippen LogP contribution in [0.1, 0.15) is 21.6 Å². The lowest BCUT2D eigenvalue weighted by molar-refractivity contribution is 0.384. The normalized spacial score (nSPS) is 12.1. The molecule has 0 aliphatic rings. The van der Waals surface area contributed by atoms with Crippen LogP contribution in [0.3, 0.4) is 0 Å². The summed E-state index contributed by atoms with van der Waals surface area (Å²) >= 11 is 3.34. The number of thioether (sulfide) groups is 1. The Morgan fingerprint density at radius 1 is 0.968 bits per heavy atom. The number of hydrogen-bond acceptors (Lipinski definition) is 7. The van der Waals surface area contributed by atoms with Crippen LogP contribution in [0.4, 0.5) is 0 Å². The molecule has 0 saturated heterocycles. The molecule has 3 heterocycles. The SMILES string of the molecule is c1ccc(-c2noc([C@H](Sc3nncn3CCc3cccs3)c3ccccc3)n2)cc1. The third kappa shape index (κ3) is 4.60. The van der Waals surface area contributed by atoms with Gasteiger partial charge in [-0.1, -0.05) is 83.6 Å². The van der Waals surface area contributed by atoms with Gasteiger partial charge in [-0.15, -0.1) is 21.5 Å². The van der Waals surface area contributed by atoms with E-state index >= 15 is 0 Å². The molecule has 1 atom stereocenters. The standard InChI is InChI=1S/C23H19N5OS2/c1-3-8-17(9-4-1)20(22-25-21(27-29-22)18-10-5-2-6-11-18)31-23-26-24-16-28(23)14-13-19-12-7-15-30-19/h1-12,15-16,20H,13-14H2/t20-/m1/s1. The highest BCUT2D eigenvalue weighted by Crippen LogP contribution is 2.39. The van der Waals surface area contributed by atoms with Gasteiger partial charge >= 0.3 is 0 Å². The van der Waals surface area contributed by atoms with Gasteiger partial charge in [0.2, 0.25) is 11.7 Å². The van der Waals surface area contributed by atoms with Crippen LogP contribution < -0.4 is 0 Å². The van der Waals surface area contributed by atoms with Gasteiger partial charge in [-0.25, -0.2) is 0 Å². The van der Waals surface area contributed by atoms with E-state index in [4.69, 9.17) is 9.51 Å². The predicted octanol–water partition coefficient (Wildman–Crippen LogP) is 5.51. The molecule has 0 N–H and O–H groups in total. The fourth-order valence-corrected chi connectivity index (χ4v) is 4.98. The first kappa shape index (κ1) is 19.7. The Balaban J connectivity index is 1.42. The zero-order chi connectivity index (χ0) is 20.9. The zero-order valence-electron chi connectivity index (χ0n) is 16.5. The second kappa shape index (κ2) is 9.28. The molecule has 0 aliphatic carbocycles. The first-order valence-corrected chi connectivity index (χ1v) is 11.6. The summed E-state index contributed by atoms with van der Waals surface area (Å²) < 4.78 is 7.78. The van der Waals surface area contributed by atoms with Gasteiger partial charge in [0.15, 0.2) is 5.16 Å². The molecule has 2 aromatic carbocycles. The molecule has 0 saturated carbocycles. The van der Waals surface area contributed by atoms with E-state index < -0.39 is 0 Å². The quantitative estimate of drug-likeness (QED) is 0.293. The van der Waals surface area contributed by atoms with Gasteiger partial charge in [-0.3, -0.25) is 0 Å². The fraction of sp³-hybridized carbons (Fsp3) is 0.130. The molecule has 3 aromatic heterocycles. The van der Waals surface area contributed by atoms with Gasteiger partial charge < -0.3 is 9.09 Å². The molecule has 31 heavy (non-hydrogen) atoms. The number of aromatic nitrogens is 5. The van der Waals surface area contributed by atoms with E-state index in [1.54, 1.807) is 29.4 Å². The van der Waals surface area contributed by atoms with Gasteiger partial charge in [0.05, 0.1) is 0 Å². The number of rotatable bonds is 8. The highest BCUT2D eigenvalue weighted by molar-refractivity contribution is 7.99. The highest BCUT2D eigenvalue weighted by Gasteiger charge is 2.25. The Kier molecular flexibility index (Phi) is 5.90. The lowest BCUT2D eigenvalue weighted by Gasteiger charge is -2.13. The predicted molar refractivity (Wildman–Crippen MR) is 122 cm³/mol. The average Bonchev–Trinajstić information content (AvgIpc) is 3.59. The molecule has 6 nitrogen and oxygen atoms in total. The smallest absolute Gasteiger partial charge is 0.245 e. The second-order valence-corrected chi connectivity index (χ2v) is 8.97. The summed E-state index contributed by atoms with van der Waals surface area (Å²) in [6, 6.07) is 24.2. The Labute approximate surface area is 188 Å². The molecular weight excluding hydrogens is 426 g/mol. The van der Waals surface area contributed by atoms with Crippen molar-refractivity contribution in [1.29, 1.82) is 0 Å². The van der Waals surface area contributed by atoms with Gasteiger partial charge in [0.25, 0.3) is 0 Å². The largest absolute Gasteiger partial charge is 0.337 e. The fourth-order valence-electron chi connectivity index (χ4n) is 3.21. The van der Waals surface area contributed by atoms with Crippen molar-refractivity contribution in [2.24, 2.45) is 0 Å². The van der Waals surface area contributed by atoms with E-state index in [0.29, 0.717) is 11.7 Å². The maximum Gasteiger partial charge on any atom is 0.245 e. The minimum Gasteiger partial charge on any atom is -0.337 e. The van der Waals surface area contributed by atoms with Crippen molar-refractivity contribution in [3.05, 3.63) is 101 Å². The Morgan fingerprint density at radius 2 is 1.77 bits per heavy atom. The van der Waals surface area contributed by atoms with Gasteiger partial charge in [0, 0.05) is 17.0 Å². The molecule has 5 rings (SSSR count). The highest BCUT2D eigenvalue weighted by atomic mass is 32.2. The molecule has 8 heteroatoms. The number of thiophene rings is 1. The Bertz CT molecular complexity index is 1220. The summed E-state index contributed by atoms with van der Waals surface area (Å²) in [5.41, 5.74) is 2.00. The van der Waals surface area contributed by atoms with Crippen molar-refractivity contribution >= 4 is 23.1 Å². The molecule has 154 valence electrons. The van der Waals surface area contributed by atoms with Crippen molar-refractivity contribution in [3.8, 4) is 11.4 Å². The maximum atomic E-state index is 5.71. The van der Waals surface area contributed by atoms with Crippen molar-refractivity contribution < 1.29 is 4.52 Å². The molecule has 0 bridgehead atoms. The zero-order valence-corrected chi connectivity index (χ0v) is 18.2. The lowest BCUT2D eigenvalue weighted by Crippen LogP contribution is -2.04. The topological polar surface area (TPSA) is 69.6 Å². The van der Waals surface area contributed by atoms with E-state index in [-0.39, 0.29) is 5.25 Å². The van der Waals surface area contributed by atoms with Crippen LogP contribution >= 0.6 is 23.1 Å². The molecule has 0 spiro atoms. The molecule has 0 aliphatic heterocycles. The van der Waals surface area contributed by atoms with E-state index in [0.717, 1.165) is 29.2 Å². The summed E-state index contributed by atoms with van der Waals surface area (Å²) in [4.78, 5) is 6.04. The summed E-state index contributed by atoms with van der Waals surface area (Å²) in [5, 5.41) is 15.5. The van der Waals surface area contributed by atoms with E-state index in [2.05, 4.69) is 49.6 Å². The van der Waals surface area contributed by atoms with Crippen LogP contribution in [0, 0.1) is 0 Å². The van der Waals surface area contributed by atoms with Crippen molar-refractivity contribution in [2.45, 2.75) is 23.4 Å². The third-order valence-electron chi connectivity index (χ3n) is 4.78. The first-order chi connectivity index (χ1) is 15.4. The van der Waals surface area contributed by atoms with Crippen LogP contribution in [0.5, 0.6) is 0 Å². The maximum absolute atomic E-state index is 5.71. The molecule has 0 radical (unpaired) electrons. The Morgan fingerprint density at radius 3 is 2.55 bits per heavy atom. The Hall–Kier alpha value is -3.23. The van der Waals surface area contributed by atoms with Crippen molar-refractivity contribution in [2.75, 3.05) is 0 Å². The first-order valence-electron chi connectivity index (χ1n) is 9.87. The number of hydrogen-bond donors (Lipinski definition) is 0. The molecule has 0 amide bonds. The summed E-state index contributed by atoms with van der Waals surface area (Å²) in [6.07, 6.45) is 2.72.